The fourth-order valence-corrected chi connectivity index (χ4v) is 3.68. The molecule has 3 heteroatoms. The summed E-state index contributed by atoms with van der Waals surface area (Å²) in [6.45, 7) is 6.58. The quantitative estimate of drug-likeness (QED) is 0.767. The van der Waals surface area contributed by atoms with Crippen molar-refractivity contribution in [3.05, 3.63) is 0 Å². The zero-order valence-electron chi connectivity index (χ0n) is 11.8. The second-order valence-electron chi connectivity index (χ2n) is 6.82. The lowest BCUT2D eigenvalue weighted by Gasteiger charge is -2.47. The van der Waals surface area contributed by atoms with Gasteiger partial charge in [-0.1, -0.05) is 33.6 Å². The summed E-state index contributed by atoms with van der Waals surface area (Å²) in [4.78, 5) is 23.9. The molecule has 0 radical (unpaired) electrons. The average molecular weight is 251 g/mol. The van der Waals surface area contributed by atoms with E-state index in [2.05, 4.69) is 26.1 Å². The molecule has 1 aliphatic heterocycles. The highest BCUT2D eigenvalue weighted by atomic mass is 16.2. The van der Waals surface area contributed by atoms with Gasteiger partial charge in [-0.25, -0.2) is 0 Å². The van der Waals surface area contributed by atoms with Gasteiger partial charge in [0.15, 0.2) is 0 Å². The van der Waals surface area contributed by atoms with Gasteiger partial charge in [0.25, 0.3) is 0 Å². The Labute approximate surface area is 110 Å². The van der Waals surface area contributed by atoms with Crippen LogP contribution in [0.15, 0.2) is 0 Å². The first kappa shape index (κ1) is 13.6. The number of hydrogen-bond acceptors (Lipinski definition) is 2. The summed E-state index contributed by atoms with van der Waals surface area (Å²) < 4.78 is 0. The summed E-state index contributed by atoms with van der Waals surface area (Å²) in [6.07, 6.45) is 5.88. The van der Waals surface area contributed by atoms with Gasteiger partial charge in [-0.2, -0.15) is 0 Å². The van der Waals surface area contributed by atoms with Gasteiger partial charge in [0.2, 0.25) is 11.8 Å². The van der Waals surface area contributed by atoms with Crippen LogP contribution in [0.3, 0.4) is 0 Å². The first-order valence-electron chi connectivity index (χ1n) is 7.26. The summed E-state index contributed by atoms with van der Waals surface area (Å²) in [5.74, 6) is 1.22. The van der Waals surface area contributed by atoms with E-state index in [1.807, 2.05) is 0 Å². The van der Waals surface area contributed by atoms with Crippen LogP contribution in [0.5, 0.6) is 0 Å². The van der Waals surface area contributed by atoms with E-state index in [0.717, 1.165) is 38.0 Å². The van der Waals surface area contributed by atoms with Crippen LogP contribution in [0, 0.1) is 23.2 Å². The highest BCUT2D eigenvalue weighted by molar-refractivity contribution is 5.99. The van der Waals surface area contributed by atoms with Crippen LogP contribution < -0.4 is 5.32 Å². The molecule has 1 atom stereocenters. The van der Waals surface area contributed by atoms with Gasteiger partial charge < -0.3 is 0 Å². The average Bonchev–Trinajstić information content (AvgIpc) is 2.27. The van der Waals surface area contributed by atoms with Crippen LogP contribution in [-0.4, -0.2) is 11.8 Å². The minimum Gasteiger partial charge on any atom is -0.296 e. The van der Waals surface area contributed by atoms with Crippen LogP contribution in [-0.2, 0) is 9.59 Å². The Morgan fingerprint density at radius 2 is 1.89 bits per heavy atom. The van der Waals surface area contributed by atoms with Gasteiger partial charge >= 0.3 is 0 Å². The number of imide groups is 1. The summed E-state index contributed by atoms with van der Waals surface area (Å²) in [5, 5.41) is 2.54. The SMILES string of the molecule is CC(C)CC1C(=O)NC(=O)CC12CCC(C)CC2. The Bertz CT molecular complexity index is 340. The predicted molar refractivity (Wildman–Crippen MR) is 70.8 cm³/mol. The molecule has 1 N–H and O–H groups in total. The Hall–Kier alpha value is -0.860. The molecule has 102 valence electrons. The topological polar surface area (TPSA) is 46.2 Å². The maximum atomic E-state index is 12.2. The zero-order chi connectivity index (χ0) is 13.3. The monoisotopic (exact) mass is 251 g/mol. The minimum absolute atomic E-state index is 0.0190. The molecule has 1 saturated heterocycles. The molecule has 2 amide bonds. The largest absolute Gasteiger partial charge is 0.296 e. The third-order valence-electron chi connectivity index (χ3n) is 4.81. The Morgan fingerprint density at radius 1 is 1.28 bits per heavy atom. The number of piperidine rings is 1. The van der Waals surface area contributed by atoms with Crippen molar-refractivity contribution >= 4 is 11.8 Å². The van der Waals surface area contributed by atoms with E-state index >= 15 is 0 Å². The number of carbonyl (C=O) groups is 2. The lowest BCUT2D eigenvalue weighted by Crippen LogP contribution is -2.53. The van der Waals surface area contributed by atoms with Crippen molar-refractivity contribution in [2.75, 3.05) is 0 Å². The number of nitrogens with one attached hydrogen (secondary N) is 1. The standard InChI is InChI=1S/C15H25NO2/c1-10(2)8-12-14(18)16-13(17)9-15(12)6-4-11(3)5-7-15/h10-12H,4-9H2,1-3H3,(H,16,17,18). The molecule has 0 aromatic rings. The van der Waals surface area contributed by atoms with Crippen molar-refractivity contribution in [2.24, 2.45) is 23.2 Å². The van der Waals surface area contributed by atoms with E-state index < -0.39 is 0 Å². The van der Waals surface area contributed by atoms with Gasteiger partial charge in [-0.15, -0.1) is 0 Å². The number of carbonyl (C=O) groups excluding carboxylic acids is 2. The van der Waals surface area contributed by atoms with Gasteiger partial charge in [0, 0.05) is 12.3 Å². The number of rotatable bonds is 2. The van der Waals surface area contributed by atoms with Crippen LogP contribution in [0.25, 0.3) is 0 Å². The fourth-order valence-electron chi connectivity index (χ4n) is 3.68. The molecule has 1 spiro atoms. The molecule has 2 rings (SSSR count). The molecule has 1 heterocycles. The van der Waals surface area contributed by atoms with Crippen molar-refractivity contribution in [3.63, 3.8) is 0 Å². The van der Waals surface area contributed by atoms with Crippen molar-refractivity contribution < 1.29 is 9.59 Å². The number of amides is 2. The van der Waals surface area contributed by atoms with E-state index in [1.165, 1.54) is 0 Å². The van der Waals surface area contributed by atoms with Crippen molar-refractivity contribution in [3.8, 4) is 0 Å². The molecule has 0 aromatic carbocycles. The lowest BCUT2D eigenvalue weighted by atomic mass is 9.59. The normalized spacial score (nSPS) is 37.1. The first-order valence-corrected chi connectivity index (χ1v) is 7.26. The molecule has 3 nitrogen and oxygen atoms in total. The highest BCUT2D eigenvalue weighted by Crippen LogP contribution is 2.50. The first-order chi connectivity index (χ1) is 8.43. The second kappa shape index (κ2) is 5.02. The molecule has 2 aliphatic rings. The summed E-state index contributed by atoms with van der Waals surface area (Å²) >= 11 is 0. The Kier molecular flexibility index (Phi) is 3.79. The zero-order valence-corrected chi connectivity index (χ0v) is 11.8. The minimum atomic E-state index is -0.0606. The highest BCUT2D eigenvalue weighted by Gasteiger charge is 2.49. The van der Waals surface area contributed by atoms with Crippen LogP contribution in [0.1, 0.15) is 59.3 Å². The molecule has 1 unspecified atom stereocenters. The second-order valence-corrected chi connectivity index (χ2v) is 6.82. The predicted octanol–water partition coefficient (Wildman–Crippen LogP) is 2.89. The van der Waals surface area contributed by atoms with Crippen LogP contribution >= 0.6 is 0 Å². The van der Waals surface area contributed by atoms with Crippen LogP contribution in [0.2, 0.25) is 0 Å². The maximum Gasteiger partial charge on any atom is 0.230 e. The number of hydrogen-bond donors (Lipinski definition) is 1. The molecule has 0 bridgehead atoms. The third kappa shape index (κ3) is 2.60. The third-order valence-corrected chi connectivity index (χ3v) is 4.81. The van der Waals surface area contributed by atoms with Gasteiger partial charge in [-0.3, -0.25) is 14.9 Å². The van der Waals surface area contributed by atoms with E-state index in [9.17, 15) is 9.59 Å². The van der Waals surface area contributed by atoms with Crippen molar-refractivity contribution in [1.82, 2.24) is 5.32 Å². The molecule has 2 fully saturated rings. The van der Waals surface area contributed by atoms with Crippen molar-refractivity contribution in [1.29, 1.82) is 0 Å². The molecule has 1 aliphatic carbocycles. The van der Waals surface area contributed by atoms with Gasteiger partial charge in [-0.05, 0) is 36.5 Å². The Morgan fingerprint density at radius 3 is 2.44 bits per heavy atom. The van der Waals surface area contributed by atoms with Crippen LogP contribution in [0.4, 0.5) is 0 Å². The summed E-state index contributed by atoms with van der Waals surface area (Å²) in [5.41, 5.74) is -0.0316. The maximum absolute atomic E-state index is 12.2. The van der Waals surface area contributed by atoms with Crippen molar-refractivity contribution in [2.45, 2.75) is 59.3 Å². The summed E-state index contributed by atoms with van der Waals surface area (Å²) in [6, 6.07) is 0. The molecule has 18 heavy (non-hydrogen) atoms. The van der Waals surface area contributed by atoms with Gasteiger partial charge in [0.1, 0.15) is 0 Å². The van der Waals surface area contributed by atoms with E-state index in [-0.39, 0.29) is 23.1 Å². The van der Waals surface area contributed by atoms with Gasteiger partial charge in [0.05, 0.1) is 0 Å². The lowest BCUT2D eigenvalue weighted by molar-refractivity contribution is -0.146. The summed E-state index contributed by atoms with van der Waals surface area (Å²) in [7, 11) is 0. The Balaban J connectivity index is 2.21. The smallest absolute Gasteiger partial charge is 0.230 e. The molecule has 0 aromatic heterocycles. The molecular formula is C15H25NO2. The molecule has 1 saturated carbocycles. The van der Waals surface area contributed by atoms with E-state index in [1.54, 1.807) is 0 Å². The van der Waals surface area contributed by atoms with E-state index in [4.69, 9.17) is 0 Å². The molecular weight excluding hydrogens is 226 g/mol. The fraction of sp³-hybridized carbons (Fsp3) is 0.867. The van der Waals surface area contributed by atoms with E-state index in [0.29, 0.717) is 12.3 Å².